The molecule has 0 amide bonds. The van der Waals surface area contributed by atoms with Crippen molar-refractivity contribution in [3.63, 3.8) is 0 Å². The third-order valence-corrected chi connectivity index (χ3v) is 17.5. The lowest BCUT2D eigenvalue weighted by Gasteiger charge is -2.42. The van der Waals surface area contributed by atoms with E-state index in [4.69, 9.17) is 8.83 Å². The molecule has 15 rings (SSSR count). The molecule has 1 aliphatic carbocycles. The van der Waals surface area contributed by atoms with Crippen molar-refractivity contribution in [1.82, 2.24) is 4.57 Å². The Kier molecular flexibility index (Phi) is 7.43. The van der Waals surface area contributed by atoms with Crippen LogP contribution in [0.1, 0.15) is 78.0 Å². The summed E-state index contributed by atoms with van der Waals surface area (Å²) in [6, 6.07) is 54.9. The van der Waals surface area contributed by atoms with Crippen molar-refractivity contribution in [2.45, 2.75) is 77.6 Å². The van der Waals surface area contributed by atoms with Gasteiger partial charge < -0.3 is 18.2 Å². The summed E-state index contributed by atoms with van der Waals surface area (Å²) in [6.45, 7) is 16.5. The zero-order valence-corrected chi connectivity index (χ0v) is 40.3. The first kappa shape index (κ1) is 39.0. The highest BCUT2D eigenvalue weighted by atomic mass is 32.1. The van der Waals surface area contributed by atoms with Crippen LogP contribution >= 0.6 is 11.3 Å². The van der Waals surface area contributed by atoms with Crippen molar-refractivity contribution in [3.05, 3.63) is 162 Å². The van der Waals surface area contributed by atoms with E-state index in [1.165, 1.54) is 81.0 Å². The van der Waals surface area contributed by atoms with Crippen molar-refractivity contribution in [2.24, 2.45) is 0 Å². The number of hydrogen-bond donors (Lipinski definition) is 0. The molecule has 4 aromatic heterocycles. The zero-order chi connectivity index (χ0) is 45.7. The number of anilines is 2. The molecule has 12 aromatic rings. The second-order valence-corrected chi connectivity index (χ2v) is 23.4. The van der Waals surface area contributed by atoms with E-state index < -0.39 is 0 Å². The van der Waals surface area contributed by atoms with Gasteiger partial charge in [0, 0.05) is 70.1 Å². The number of hydrogen-bond acceptors (Lipinski definition) is 4. The Morgan fingerprint density at radius 1 is 0.603 bits per heavy atom. The van der Waals surface area contributed by atoms with Gasteiger partial charge in [0.1, 0.15) is 22.3 Å². The molecule has 8 aromatic carbocycles. The maximum absolute atomic E-state index is 7.35. The average Bonchev–Trinajstić information content (AvgIpc) is 4.11. The molecular weight excluding hydrogens is 848 g/mol. The first-order valence-corrected chi connectivity index (χ1v) is 25.1. The van der Waals surface area contributed by atoms with Gasteiger partial charge in [0.2, 0.25) is 0 Å². The zero-order valence-electron chi connectivity index (χ0n) is 39.5. The molecule has 0 atom stereocenters. The van der Waals surface area contributed by atoms with Crippen LogP contribution in [0.25, 0.3) is 103 Å². The molecule has 4 nitrogen and oxygen atoms in total. The summed E-state index contributed by atoms with van der Waals surface area (Å²) in [4.78, 5) is 3.94. The molecule has 6 heteroatoms. The van der Waals surface area contributed by atoms with E-state index in [1.54, 1.807) is 0 Å². The van der Waals surface area contributed by atoms with Gasteiger partial charge in [0.05, 0.1) is 11.0 Å². The molecule has 328 valence electrons. The minimum absolute atomic E-state index is 0.00750. The number of benzene rings is 8. The van der Waals surface area contributed by atoms with Crippen LogP contribution in [0.3, 0.4) is 0 Å². The van der Waals surface area contributed by atoms with Crippen LogP contribution in [-0.2, 0) is 16.2 Å². The number of nitrogens with zero attached hydrogens (tertiary/aromatic N) is 2. The summed E-state index contributed by atoms with van der Waals surface area (Å²) in [5.74, 6) is 0. The number of para-hydroxylation sites is 2. The van der Waals surface area contributed by atoms with E-state index in [0.29, 0.717) is 0 Å². The first-order chi connectivity index (χ1) is 32.8. The van der Waals surface area contributed by atoms with Gasteiger partial charge in [-0.05, 0) is 128 Å². The summed E-state index contributed by atoms with van der Waals surface area (Å²) in [5, 5.41) is 8.42. The Hall–Kier alpha value is -7.02. The fourth-order valence-corrected chi connectivity index (χ4v) is 13.8. The second-order valence-electron chi connectivity index (χ2n) is 22.3. The maximum atomic E-state index is 7.35. The highest BCUT2D eigenvalue weighted by molar-refractivity contribution is 7.22. The van der Waals surface area contributed by atoms with E-state index in [-0.39, 0.29) is 23.1 Å². The van der Waals surface area contributed by atoms with Gasteiger partial charge in [-0.25, -0.2) is 0 Å². The molecule has 2 aliphatic heterocycles. The predicted octanol–water partition coefficient (Wildman–Crippen LogP) is 16.3. The van der Waals surface area contributed by atoms with Gasteiger partial charge in [0.25, 0.3) is 0 Å². The number of thiophene rings is 1. The lowest BCUT2D eigenvalue weighted by atomic mass is 9.43. The van der Waals surface area contributed by atoms with E-state index in [9.17, 15) is 0 Å². The molecule has 6 heterocycles. The van der Waals surface area contributed by atoms with E-state index >= 15 is 0 Å². The first-order valence-electron chi connectivity index (χ1n) is 24.3. The number of furan rings is 2. The molecule has 0 N–H and O–H groups in total. The summed E-state index contributed by atoms with van der Waals surface area (Å²) in [7, 11) is 0. The third kappa shape index (κ3) is 5.06. The van der Waals surface area contributed by atoms with Crippen LogP contribution in [0, 0.1) is 0 Å². The molecular formula is C62H49BN2O2S. The van der Waals surface area contributed by atoms with Crippen molar-refractivity contribution < 1.29 is 8.83 Å². The highest BCUT2D eigenvalue weighted by Crippen LogP contribution is 2.55. The fourth-order valence-electron chi connectivity index (χ4n) is 12.7. The predicted molar refractivity (Wildman–Crippen MR) is 289 cm³/mol. The second kappa shape index (κ2) is 12.9. The smallest absolute Gasteiger partial charge is 0.333 e. The Morgan fingerprint density at radius 3 is 2.04 bits per heavy atom. The van der Waals surface area contributed by atoms with Gasteiger partial charge >= 0.3 is 6.85 Å². The van der Waals surface area contributed by atoms with E-state index in [2.05, 4.69) is 203 Å². The molecule has 0 fully saturated rings. The van der Waals surface area contributed by atoms with Gasteiger partial charge in [-0.3, -0.25) is 0 Å². The maximum Gasteiger partial charge on any atom is 0.333 e. The molecule has 0 radical (unpaired) electrons. The lowest BCUT2D eigenvalue weighted by molar-refractivity contribution is 0.332. The third-order valence-electron chi connectivity index (χ3n) is 16.4. The Bertz CT molecular complexity index is 4190. The Labute approximate surface area is 399 Å². The largest absolute Gasteiger partial charge is 0.456 e. The van der Waals surface area contributed by atoms with Gasteiger partial charge in [-0.15, -0.1) is 11.3 Å². The van der Waals surface area contributed by atoms with Crippen molar-refractivity contribution >= 4 is 116 Å². The molecule has 0 saturated heterocycles. The minimum Gasteiger partial charge on any atom is -0.456 e. The monoisotopic (exact) mass is 896 g/mol. The fraction of sp³-hybridized carbons (Fsp3) is 0.194. The van der Waals surface area contributed by atoms with E-state index in [0.717, 1.165) is 73.8 Å². The van der Waals surface area contributed by atoms with Crippen molar-refractivity contribution in [2.75, 3.05) is 4.81 Å². The molecule has 0 bridgehead atoms. The summed E-state index contributed by atoms with van der Waals surface area (Å²) >= 11 is 1.90. The SMILES string of the molecule is CC(C)(C)c1ccc(N2B3c4cc5cc(-c6ccccc6)sc5cc4-n4c5cc6c(cc5c5c7c(oc8ccccc87)c(c3c54)-c3cc4oc5ccccc5c4cc32)C(C)(C)CCC6(C)C)cc1. The lowest BCUT2D eigenvalue weighted by Crippen LogP contribution is -2.60. The van der Waals surface area contributed by atoms with E-state index in [1.807, 2.05) is 11.3 Å². The number of rotatable bonds is 2. The average molecular weight is 897 g/mol. The molecule has 0 saturated carbocycles. The van der Waals surface area contributed by atoms with Crippen LogP contribution in [0.2, 0.25) is 0 Å². The standard InChI is InChI=1S/C62H49BN2O2S/c1-60(2,3)36-21-23-37(24-22-36)65-47-30-40-38-17-11-13-19-49(38)66-51(40)31-42(47)56-57-58-54(55-39-18-12-14-20-50(39)67-59(55)56)41-29-43-44(62(6,7)26-25-61(43,4)5)32-46(41)64(58)48-33-53-35(27-45(48)63(57)65)28-52(68-53)34-15-9-8-10-16-34/h8-24,27-33H,25-26H2,1-7H3. The molecule has 0 spiro atoms. The Morgan fingerprint density at radius 2 is 1.29 bits per heavy atom. The minimum atomic E-state index is -0.187. The normalized spacial score (nSPS) is 15.9. The Balaban J connectivity index is 1.18. The number of fused-ring (bicyclic) bond motifs is 18. The summed E-state index contributed by atoms with van der Waals surface area (Å²) < 4.78 is 18.1. The van der Waals surface area contributed by atoms with Crippen LogP contribution in [0.15, 0.2) is 154 Å². The summed E-state index contributed by atoms with van der Waals surface area (Å²) in [6.07, 6.45) is 2.30. The van der Waals surface area contributed by atoms with Crippen LogP contribution in [0.5, 0.6) is 0 Å². The molecule has 0 unspecified atom stereocenters. The van der Waals surface area contributed by atoms with Gasteiger partial charge in [-0.2, -0.15) is 0 Å². The number of aromatic nitrogens is 1. The molecule has 3 aliphatic rings. The molecule has 68 heavy (non-hydrogen) atoms. The van der Waals surface area contributed by atoms with Crippen LogP contribution in [-0.4, -0.2) is 11.4 Å². The highest BCUT2D eigenvalue weighted by Gasteiger charge is 2.47. The van der Waals surface area contributed by atoms with Crippen LogP contribution < -0.4 is 15.7 Å². The van der Waals surface area contributed by atoms with Crippen molar-refractivity contribution in [1.29, 1.82) is 0 Å². The van der Waals surface area contributed by atoms with Gasteiger partial charge in [-0.1, -0.05) is 133 Å². The van der Waals surface area contributed by atoms with Gasteiger partial charge in [0.15, 0.2) is 0 Å². The topological polar surface area (TPSA) is 34.5 Å². The van der Waals surface area contributed by atoms with Crippen molar-refractivity contribution in [3.8, 4) is 27.3 Å². The van der Waals surface area contributed by atoms with Crippen LogP contribution in [0.4, 0.5) is 11.4 Å². The summed E-state index contributed by atoms with van der Waals surface area (Å²) in [5.41, 5.74) is 20.1. The quantitative estimate of drug-likeness (QED) is 0.162.